The van der Waals surface area contributed by atoms with Gasteiger partial charge in [-0.25, -0.2) is 4.99 Å². The summed E-state index contributed by atoms with van der Waals surface area (Å²) in [5, 5.41) is 0.468. The van der Waals surface area contributed by atoms with Gasteiger partial charge in [0.25, 0.3) is 0 Å². The molecule has 0 aromatic rings. The maximum atomic E-state index is 13.2. The van der Waals surface area contributed by atoms with Crippen molar-refractivity contribution in [2.24, 2.45) is 16.6 Å². The zero-order valence-corrected chi connectivity index (χ0v) is 14.5. The first-order valence-corrected chi connectivity index (χ1v) is 8.00. The van der Waals surface area contributed by atoms with Gasteiger partial charge in [-0.05, 0) is 52.2 Å². The van der Waals surface area contributed by atoms with E-state index in [9.17, 15) is 4.39 Å². The third-order valence-corrected chi connectivity index (χ3v) is 4.42. The molecule has 124 valence electrons. The molecule has 5 heteroatoms. The molecular formula is C17H27ClFN3. The third-order valence-electron chi connectivity index (χ3n) is 4.20. The maximum absolute atomic E-state index is 13.2. The van der Waals surface area contributed by atoms with Crippen LogP contribution in [0.2, 0.25) is 0 Å². The first-order valence-electron chi connectivity index (χ1n) is 7.62. The summed E-state index contributed by atoms with van der Waals surface area (Å²) in [7, 11) is 2.12. The molecule has 3 atom stereocenters. The van der Waals surface area contributed by atoms with Crippen molar-refractivity contribution < 1.29 is 4.39 Å². The quantitative estimate of drug-likeness (QED) is 0.540. The Morgan fingerprint density at radius 1 is 1.55 bits per heavy atom. The van der Waals surface area contributed by atoms with Crippen molar-refractivity contribution in [1.29, 1.82) is 0 Å². The van der Waals surface area contributed by atoms with E-state index in [0.29, 0.717) is 17.1 Å². The highest BCUT2D eigenvalue weighted by Crippen LogP contribution is 2.30. The Hall–Kier alpha value is -1.13. The van der Waals surface area contributed by atoms with Crippen LogP contribution in [0.1, 0.15) is 33.1 Å². The highest BCUT2D eigenvalue weighted by molar-refractivity contribution is 6.39. The van der Waals surface area contributed by atoms with Crippen LogP contribution < -0.4 is 5.73 Å². The van der Waals surface area contributed by atoms with Crippen LogP contribution in [0.15, 0.2) is 40.1 Å². The lowest BCUT2D eigenvalue weighted by Crippen LogP contribution is -2.52. The molecule has 0 radical (unpaired) electrons. The van der Waals surface area contributed by atoms with E-state index < -0.39 is 0 Å². The number of nitrogens with two attached hydrogens (primary N) is 1. The van der Waals surface area contributed by atoms with Crippen molar-refractivity contribution >= 4 is 17.8 Å². The van der Waals surface area contributed by atoms with Crippen LogP contribution in [0.5, 0.6) is 0 Å². The molecule has 1 rings (SSSR count). The van der Waals surface area contributed by atoms with E-state index in [1.54, 1.807) is 6.08 Å². The van der Waals surface area contributed by atoms with E-state index >= 15 is 0 Å². The van der Waals surface area contributed by atoms with Crippen molar-refractivity contribution in [3.63, 3.8) is 0 Å². The van der Waals surface area contributed by atoms with E-state index in [0.717, 1.165) is 18.4 Å². The number of likely N-dealkylation sites (tertiary alicyclic amines) is 1. The number of hydrogen-bond donors (Lipinski definition) is 1. The van der Waals surface area contributed by atoms with Gasteiger partial charge >= 0.3 is 0 Å². The predicted molar refractivity (Wildman–Crippen MR) is 93.8 cm³/mol. The normalized spacial score (nSPS) is 25.3. The number of aliphatic imine (C=N–C) groups is 1. The zero-order valence-electron chi connectivity index (χ0n) is 13.7. The smallest absolute Gasteiger partial charge is 0.116 e. The van der Waals surface area contributed by atoms with Gasteiger partial charge < -0.3 is 10.6 Å². The molecule has 0 aromatic heterocycles. The Morgan fingerprint density at radius 2 is 2.23 bits per heavy atom. The molecule has 0 spiro atoms. The van der Waals surface area contributed by atoms with Crippen LogP contribution in [0, 0.1) is 5.92 Å². The lowest BCUT2D eigenvalue weighted by molar-refractivity contribution is 0.0361. The fourth-order valence-electron chi connectivity index (χ4n) is 2.73. The summed E-state index contributed by atoms with van der Waals surface area (Å²) in [5.41, 5.74) is 6.43. The molecule has 0 bridgehead atoms. The van der Waals surface area contributed by atoms with Crippen LogP contribution in [0.3, 0.4) is 0 Å². The highest BCUT2D eigenvalue weighted by Gasteiger charge is 2.33. The van der Waals surface area contributed by atoms with Crippen molar-refractivity contribution in [3.05, 3.63) is 35.2 Å². The number of rotatable bonds is 8. The molecule has 1 aliphatic rings. The second-order valence-electron chi connectivity index (χ2n) is 6.18. The van der Waals surface area contributed by atoms with E-state index in [1.165, 1.54) is 12.6 Å². The molecule has 3 nitrogen and oxygen atoms in total. The molecule has 22 heavy (non-hydrogen) atoms. The Bertz CT molecular complexity index is 471. The summed E-state index contributed by atoms with van der Waals surface area (Å²) in [6.45, 7) is 7.38. The molecule has 1 heterocycles. The summed E-state index contributed by atoms with van der Waals surface area (Å²) in [6.07, 6.45) is 7.93. The molecule has 0 saturated carbocycles. The SMILES string of the molecule is C=C(N)N=C/C(Cl)=C\C=C(/C)CC(CF)CC1CC(C)N1C. The van der Waals surface area contributed by atoms with Gasteiger partial charge in [-0.2, -0.15) is 0 Å². The van der Waals surface area contributed by atoms with E-state index in [-0.39, 0.29) is 18.4 Å². The third kappa shape index (κ3) is 6.32. The minimum atomic E-state index is -0.282. The number of allylic oxidation sites excluding steroid dienone is 4. The molecule has 1 aliphatic heterocycles. The summed E-state index contributed by atoms with van der Waals surface area (Å²) < 4.78 is 13.2. The molecule has 0 aliphatic carbocycles. The van der Waals surface area contributed by atoms with Crippen LogP contribution in [0.25, 0.3) is 0 Å². The van der Waals surface area contributed by atoms with Gasteiger partial charge in [0.15, 0.2) is 0 Å². The summed E-state index contributed by atoms with van der Waals surface area (Å²) >= 11 is 5.98. The number of hydrogen-bond acceptors (Lipinski definition) is 3. The van der Waals surface area contributed by atoms with Crippen LogP contribution >= 0.6 is 11.6 Å². The number of halogens is 2. The second-order valence-corrected chi connectivity index (χ2v) is 6.61. The summed E-state index contributed by atoms with van der Waals surface area (Å²) in [4.78, 5) is 6.14. The van der Waals surface area contributed by atoms with Gasteiger partial charge in [-0.3, -0.25) is 4.39 Å². The Kier molecular flexibility index (Phi) is 7.83. The van der Waals surface area contributed by atoms with Gasteiger partial charge in [0.05, 0.1) is 11.7 Å². The molecule has 1 fully saturated rings. The number of nitrogens with zero attached hydrogens (tertiary/aromatic N) is 2. The predicted octanol–water partition coefficient (Wildman–Crippen LogP) is 4.01. The summed E-state index contributed by atoms with van der Waals surface area (Å²) in [6, 6.07) is 1.14. The molecule has 3 unspecified atom stereocenters. The Labute approximate surface area is 138 Å². The average molecular weight is 328 g/mol. The minimum Gasteiger partial charge on any atom is -0.384 e. The van der Waals surface area contributed by atoms with Crippen molar-refractivity contribution in [2.45, 2.75) is 45.2 Å². The van der Waals surface area contributed by atoms with Crippen molar-refractivity contribution in [1.82, 2.24) is 4.90 Å². The van der Waals surface area contributed by atoms with Gasteiger partial charge in [-0.1, -0.05) is 29.8 Å². The lowest BCUT2D eigenvalue weighted by atomic mass is 9.85. The molecule has 1 saturated heterocycles. The van der Waals surface area contributed by atoms with Gasteiger partial charge in [0.2, 0.25) is 0 Å². The topological polar surface area (TPSA) is 41.6 Å². The Balaban J connectivity index is 2.50. The first-order chi connectivity index (χ1) is 10.3. The largest absolute Gasteiger partial charge is 0.384 e. The molecule has 2 N–H and O–H groups in total. The maximum Gasteiger partial charge on any atom is 0.116 e. The van der Waals surface area contributed by atoms with E-state index in [2.05, 4.69) is 30.4 Å². The van der Waals surface area contributed by atoms with Crippen molar-refractivity contribution in [3.8, 4) is 0 Å². The van der Waals surface area contributed by atoms with Gasteiger partial charge in [-0.15, -0.1) is 0 Å². The fraction of sp³-hybridized carbons (Fsp3) is 0.588. The Morgan fingerprint density at radius 3 is 2.73 bits per heavy atom. The summed E-state index contributed by atoms with van der Waals surface area (Å²) in [5.74, 6) is 0.282. The zero-order chi connectivity index (χ0) is 16.7. The monoisotopic (exact) mass is 327 g/mol. The standard InChI is InChI=1S/C17H27ClFN3/c1-12(5-6-16(18)11-21-14(3)20)7-15(10-19)9-17-8-13(2)22(17)4/h5-6,11,13,15,17H,3,7-10,20H2,1-2,4H3/b12-5+,16-6+,21-11?. The second kappa shape index (κ2) is 9.11. The molecular weight excluding hydrogens is 301 g/mol. The number of alkyl halides is 1. The lowest BCUT2D eigenvalue weighted by Gasteiger charge is -2.46. The van der Waals surface area contributed by atoms with Crippen molar-refractivity contribution in [2.75, 3.05) is 13.7 Å². The molecule has 0 aromatic carbocycles. The fourth-order valence-corrected chi connectivity index (χ4v) is 2.84. The minimum absolute atomic E-state index is 0.0702. The van der Waals surface area contributed by atoms with E-state index in [1.807, 2.05) is 13.0 Å². The first kappa shape index (κ1) is 18.9. The van der Waals surface area contributed by atoms with Gasteiger partial charge in [0.1, 0.15) is 5.82 Å². The average Bonchev–Trinajstić information content (AvgIpc) is 2.49. The highest BCUT2D eigenvalue weighted by atomic mass is 35.5. The van der Waals surface area contributed by atoms with Crippen LogP contribution in [-0.4, -0.2) is 36.9 Å². The van der Waals surface area contributed by atoms with Crippen LogP contribution in [0.4, 0.5) is 4.39 Å². The van der Waals surface area contributed by atoms with Crippen LogP contribution in [-0.2, 0) is 0 Å². The van der Waals surface area contributed by atoms with Gasteiger partial charge in [0, 0.05) is 18.3 Å². The molecule has 0 amide bonds. The van der Waals surface area contributed by atoms with E-state index in [4.69, 9.17) is 17.3 Å².